The summed E-state index contributed by atoms with van der Waals surface area (Å²) in [6.45, 7) is 3.20. The van der Waals surface area contributed by atoms with E-state index >= 15 is 0 Å². The normalized spacial score (nSPS) is 15.3. The molecule has 0 unspecified atom stereocenters. The summed E-state index contributed by atoms with van der Waals surface area (Å²) < 4.78 is 0.792. The number of rotatable bonds is 1. The topological polar surface area (TPSA) is 32.3 Å². The van der Waals surface area contributed by atoms with Gasteiger partial charge in [0.15, 0.2) is 0 Å². The molecule has 1 aromatic rings. The number of piperazine rings is 1. The zero-order valence-corrected chi connectivity index (χ0v) is 12.2. The van der Waals surface area contributed by atoms with Gasteiger partial charge in [-0.3, -0.25) is 4.79 Å². The number of amides is 1. The molecule has 3 nitrogen and oxygen atoms in total. The minimum atomic E-state index is 0. The minimum absolute atomic E-state index is 0. The van der Waals surface area contributed by atoms with Crippen molar-refractivity contribution in [2.24, 2.45) is 0 Å². The van der Waals surface area contributed by atoms with Crippen LogP contribution < -0.4 is 5.32 Å². The lowest BCUT2D eigenvalue weighted by Crippen LogP contribution is -2.46. The molecule has 0 saturated carbocycles. The molecule has 17 heavy (non-hydrogen) atoms. The summed E-state index contributed by atoms with van der Waals surface area (Å²) in [5.41, 5.74) is 0.634. The molecule has 1 heterocycles. The summed E-state index contributed by atoms with van der Waals surface area (Å²) in [6, 6.07) is 5.27. The van der Waals surface area contributed by atoms with Gasteiger partial charge in [0.2, 0.25) is 0 Å². The van der Waals surface area contributed by atoms with Gasteiger partial charge in [0.1, 0.15) is 0 Å². The van der Waals surface area contributed by atoms with Crippen molar-refractivity contribution < 1.29 is 4.79 Å². The number of hydrogen-bond donors (Lipinski definition) is 1. The molecule has 0 radical (unpaired) electrons. The van der Waals surface area contributed by atoms with Crippen molar-refractivity contribution >= 4 is 45.8 Å². The van der Waals surface area contributed by atoms with Crippen LogP contribution >= 0.6 is 39.9 Å². The Morgan fingerprint density at radius 3 is 2.65 bits per heavy atom. The highest BCUT2D eigenvalue weighted by atomic mass is 79.9. The first kappa shape index (κ1) is 14.8. The molecule has 6 heteroatoms. The van der Waals surface area contributed by atoms with E-state index in [9.17, 15) is 4.79 Å². The molecule has 1 saturated heterocycles. The molecule has 1 fully saturated rings. The summed E-state index contributed by atoms with van der Waals surface area (Å²) in [6.07, 6.45) is 0. The van der Waals surface area contributed by atoms with Crippen molar-refractivity contribution in [3.05, 3.63) is 33.3 Å². The Kier molecular flexibility index (Phi) is 5.73. The predicted octanol–water partition coefficient (Wildman–Crippen LogP) is 2.57. The lowest BCUT2D eigenvalue weighted by atomic mass is 10.2. The van der Waals surface area contributed by atoms with Gasteiger partial charge in [0.05, 0.1) is 5.56 Å². The van der Waals surface area contributed by atoms with E-state index in [1.165, 1.54) is 0 Å². The molecular weight excluding hydrogens is 327 g/mol. The van der Waals surface area contributed by atoms with Crippen LogP contribution in [0.5, 0.6) is 0 Å². The average molecular weight is 340 g/mol. The molecule has 2 rings (SSSR count). The maximum Gasteiger partial charge on any atom is 0.255 e. The van der Waals surface area contributed by atoms with Crippen LogP contribution in [0.25, 0.3) is 0 Å². The van der Waals surface area contributed by atoms with Gasteiger partial charge in [-0.1, -0.05) is 11.6 Å². The Labute approximate surface area is 120 Å². The Hall–Kier alpha value is -0.290. The molecule has 1 N–H and O–H groups in total. The van der Waals surface area contributed by atoms with E-state index in [4.69, 9.17) is 11.6 Å². The summed E-state index contributed by atoms with van der Waals surface area (Å²) >= 11 is 9.27. The monoisotopic (exact) mass is 338 g/mol. The highest BCUT2D eigenvalue weighted by Gasteiger charge is 2.19. The molecule has 1 aliphatic rings. The van der Waals surface area contributed by atoms with E-state index in [1.807, 2.05) is 4.90 Å². The second-order valence-electron chi connectivity index (χ2n) is 3.67. The van der Waals surface area contributed by atoms with Crippen LogP contribution in [0.2, 0.25) is 5.02 Å². The number of nitrogens with one attached hydrogen (secondary N) is 1. The second kappa shape index (κ2) is 6.59. The predicted molar refractivity (Wildman–Crippen MR) is 75.2 cm³/mol. The Balaban J connectivity index is 0.00000144. The third-order valence-corrected chi connectivity index (χ3v) is 3.49. The lowest BCUT2D eigenvalue weighted by molar-refractivity contribution is 0.0735. The molecule has 0 aliphatic carbocycles. The Bertz CT molecular complexity index is 408. The number of hydrogen-bond acceptors (Lipinski definition) is 2. The zero-order valence-electron chi connectivity index (χ0n) is 9.08. The van der Waals surface area contributed by atoms with Crippen LogP contribution in [-0.4, -0.2) is 37.0 Å². The van der Waals surface area contributed by atoms with Crippen molar-refractivity contribution in [1.29, 1.82) is 0 Å². The first-order valence-electron chi connectivity index (χ1n) is 5.13. The summed E-state index contributed by atoms with van der Waals surface area (Å²) in [7, 11) is 0. The number of nitrogens with zero attached hydrogens (tertiary/aromatic N) is 1. The highest BCUT2D eigenvalue weighted by molar-refractivity contribution is 9.10. The van der Waals surface area contributed by atoms with Crippen LogP contribution in [-0.2, 0) is 0 Å². The first-order valence-corrected chi connectivity index (χ1v) is 6.30. The number of halogens is 3. The zero-order chi connectivity index (χ0) is 11.5. The van der Waals surface area contributed by atoms with Crippen molar-refractivity contribution in [3.8, 4) is 0 Å². The molecule has 0 atom stereocenters. The Morgan fingerprint density at radius 1 is 1.35 bits per heavy atom. The van der Waals surface area contributed by atoms with Gasteiger partial charge in [-0.2, -0.15) is 0 Å². The van der Waals surface area contributed by atoms with E-state index in [-0.39, 0.29) is 18.3 Å². The van der Waals surface area contributed by atoms with Gasteiger partial charge in [-0.05, 0) is 34.1 Å². The van der Waals surface area contributed by atoms with Gasteiger partial charge in [-0.15, -0.1) is 12.4 Å². The van der Waals surface area contributed by atoms with Gasteiger partial charge in [0.25, 0.3) is 5.91 Å². The van der Waals surface area contributed by atoms with Crippen LogP contribution in [0.4, 0.5) is 0 Å². The largest absolute Gasteiger partial charge is 0.336 e. The number of benzene rings is 1. The first-order chi connectivity index (χ1) is 7.68. The van der Waals surface area contributed by atoms with E-state index < -0.39 is 0 Å². The van der Waals surface area contributed by atoms with Crippen LogP contribution in [0, 0.1) is 0 Å². The summed E-state index contributed by atoms with van der Waals surface area (Å²) in [5, 5.41) is 3.80. The fourth-order valence-corrected chi connectivity index (χ4v) is 2.29. The van der Waals surface area contributed by atoms with Gasteiger partial charge < -0.3 is 10.2 Å². The molecule has 0 spiro atoms. The molecule has 0 aromatic heterocycles. The summed E-state index contributed by atoms with van der Waals surface area (Å²) in [5.74, 6) is 0.0378. The average Bonchev–Trinajstić information content (AvgIpc) is 2.32. The number of carbonyl (C=O) groups excluding carboxylic acids is 1. The third-order valence-electron chi connectivity index (χ3n) is 2.56. The second-order valence-corrected chi connectivity index (χ2v) is 4.96. The lowest BCUT2D eigenvalue weighted by Gasteiger charge is -2.27. The maximum atomic E-state index is 12.2. The smallest absolute Gasteiger partial charge is 0.255 e. The van der Waals surface area contributed by atoms with Gasteiger partial charge in [-0.25, -0.2) is 0 Å². The Morgan fingerprint density at radius 2 is 2.00 bits per heavy atom. The van der Waals surface area contributed by atoms with E-state index in [0.29, 0.717) is 10.6 Å². The van der Waals surface area contributed by atoms with Crippen molar-refractivity contribution in [1.82, 2.24) is 10.2 Å². The van der Waals surface area contributed by atoms with Crippen molar-refractivity contribution in [3.63, 3.8) is 0 Å². The minimum Gasteiger partial charge on any atom is -0.336 e. The van der Waals surface area contributed by atoms with Gasteiger partial charge in [0, 0.05) is 35.7 Å². The van der Waals surface area contributed by atoms with E-state index in [1.54, 1.807) is 18.2 Å². The molecule has 1 aliphatic heterocycles. The van der Waals surface area contributed by atoms with E-state index in [0.717, 1.165) is 30.7 Å². The molecular formula is C11H13BrCl2N2O. The fraction of sp³-hybridized carbons (Fsp3) is 0.364. The fourth-order valence-electron chi connectivity index (χ4n) is 1.70. The van der Waals surface area contributed by atoms with Crippen molar-refractivity contribution in [2.75, 3.05) is 26.2 Å². The van der Waals surface area contributed by atoms with E-state index in [2.05, 4.69) is 21.2 Å². The van der Waals surface area contributed by atoms with Crippen LogP contribution in [0.3, 0.4) is 0 Å². The third kappa shape index (κ3) is 3.58. The van der Waals surface area contributed by atoms with Crippen LogP contribution in [0.15, 0.2) is 22.7 Å². The molecule has 1 amide bonds. The SMILES string of the molecule is Cl.O=C(c1cc(Cl)ccc1Br)N1CCNCC1. The summed E-state index contributed by atoms with van der Waals surface area (Å²) in [4.78, 5) is 14.0. The molecule has 0 bridgehead atoms. The number of carbonyl (C=O) groups is 1. The van der Waals surface area contributed by atoms with Crippen LogP contribution in [0.1, 0.15) is 10.4 Å². The quantitative estimate of drug-likeness (QED) is 0.852. The maximum absolute atomic E-state index is 12.2. The highest BCUT2D eigenvalue weighted by Crippen LogP contribution is 2.22. The van der Waals surface area contributed by atoms with Gasteiger partial charge >= 0.3 is 0 Å². The standard InChI is InChI=1S/C11H12BrClN2O.ClH/c12-10-2-1-8(13)7-9(10)11(16)15-5-3-14-4-6-15;/h1-2,7,14H,3-6H2;1H. The van der Waals surface area contributed by atoms with Crippen molar-refractivity contribution in [2.45, 2.75) is 0 Å². The molecule has 94 valence electrons. The molecule has 1 aromatic carbocycles.